The van der Waals surface area contributed by atoms with Gasteiger partial charge in [-0.2, -0.15) is 4.98 Å². The van der Waals surface area contributed by atoms with Crippen LogP contribution in [0.3, 0.4) is 0 Å². The number of rotatable bonds is 5. The predicted molar refractivity (Wildman–Crippen MR) is 73.3 cm³/mol. The standard InChI is InChI=1S/C14H23N3O2/c1-10(2)5-3-4-6-13(18)17-8-7-11-12(9-17)19-14(15)16-11/h10H,3-9H2,1-2H3,(H2,15,16). The number of unbranched alkanes of at least 4 members (excludes halogenated alkanes) is 1. The molecule has 1 aliphatic rings. The number of hydrogen-bond acceptors (Lipinski definition) is 4. The highest BCUT2D eigenvalue weighted by Gasteiger charge is 2.24. The van der Waals surface area contributed by atoms with Crippen molar-refractivity contribution in [1.29, 1.82) is 0 Å². The van der Waals surface area contributed by atoms with Gasteiger partial charge < -0.3 is 15.1 Å². The highest BCUT2D eigenvalue weighted by atomic mass is 16.4. The van der Waals surface area contributed by atoms with Gasteiger partial charge in [0.2, 0.25) is 5.91 Å². The van der Waals surface area contributed by atoms with E-state index in [0.717, 1.165) is 37.3 Å². The Hall–Kier alpha value is -1.52. The van der Waals surface area contributed by atoms with Gasteiger partial charge in [0.15, 0.2) is 0 Å². The molecule has 0 bridgehead atoms. The Balaban J connectivity index is 1.78. The first kappa shape index (κ1) is 13.9. The zero-order chi connectivity index (χ0) is 13.8. The molecule has 1 aromatic heterocycles. The molecule has 0 saturated carbocycles. The average Bonchev–Trinajstić information content (AvgIpc) is 2.73. The third kappa shape index (κ3) is 3.72. The fourth-order valence-electron chi connectivity index (χ4n) is 2.42. The number of carbonyl (C=O) groups is 1. The maximum absolute atomic E-state index is 12.1. The Labute approximate surface area is 114 Å². The lowest BCUT2D eigenvalue weighted by Gasteiger charge is -2.25. The second kappa shape index (κ2) is 6.08. The number of nitrogens with two attached hydrogens (primary N) is 1. The number of nitrogens with zero attached hydrogens (tertiary/aromatic N) is 2. The maximum Gasteiger partial charge on any atom is 0.292 e. The van der Waals surface area contributed by atoms with Crippen LogP contribution < -0.4 is 5.73 Å². The Morgan fingerprint density at radius 3 is 3.00 bits per heavy atom. The zero-order valence-electron chi connectivity index (χ0n) is 11.8. The van der Waals surface area contributed by atoms with E-state index in [4.69, 9.17) is 10.2 Å². The molecule has 1 aliphatic heterocycles. The molecule has 106 valence electrons. The lowest BCUT2D eigenvalue weighted by Crippen LogP contribution is -2.35. The molecular formula is C14H23N3O2. The summed E-state index contributed by atoms with van der Waals surface area (Å²) in [5, 5.41) is 0. The molecule has 0 radical (unpaired) electrons. The molecule has 0 aliphatic carbocycles. The third-order valence-corrected chi connectivity index (χ3v) is 3.52. The minimum atomic E-state index is 0.205. The summed E-state index contributed by atoms with van der Waals surface area (Å²) in [6, 6.07) is 0.205. The number of fused-ring (bicyclic) bond motifs is 1. The molecule has 1 amide bonds. The van der Waals surface area contributed by atoms with Crippen LogP contribution in [0.2, 0.25) is 0 Å². The van der Waals surface area contributed by atoms with Crippen molar-refractivity contribution < 1.29 is 9.21 Å². The molecule has 2 rings (SSSR count). The second-order valence-corrected chi connectivity index (χ2v) is 5.63. The summed E-state index contributed by atoms with van der Waals surface area (Å²) < 4.78 is 5.32. The quantitative estimate of drug-likeness (QED) is 0.829. The topological polar surface area (TPSA) is 72.4 Å². The minimum Gasteiger partial charge on any atom is -0.427 e. The number of nitrogen functional groups attached to an aromatic ring is 1. The molecule has 2 N–H and O–H groups in total. The van der Waals surface area contributed by atoms with Gasteiger partial charge in [-0.3, -0.25) is 4.79 Å². The number of amides is 1. The number of hydrogen-bond donors (Lipinski definition) is 1. The minimum absolute atomic E-state index is 0.205. The van der Waals surface area contributed by atoms with Crippen LogP contribution in [0, 0.1) is 5.92 Å². The van der Waals surface area contributed by atoms with E-state index >= 15 is 0 Å². The van der Waals surface area contributed by atoms with E-state index in [2.05, 4.69) is 18.8 Å². The molecule has 0 saturated heterocycles. The van der Waals surface area contributed by atoms with Crippen molar-refractivity contribution in [3.8, 4) is 0 Å². The second-order valence-electron chi connectivity index (χ2n) is 5.63. The molecule has 1 aromatic rings. The van der Waals surface area contributed by atoms with Gasteiger partial charge >= 0.3 is 0 Å². The van der Waals surface area contributed by atoms with Crippen LogP contribution in [0.1, 0.15) is 51.0 Å². The summed E-state index contributed by atoms with van der Waals surface area (Å²) >= 11 is 0. The summed E-state index contributed by atoms with van der Waals surface area (Å²) in [6.45, 7) is 5.66. The third-order valence-electron chi connectivity index (χ3n) is 3.52. The first-order valence-electron chi connectivity index (χ1n) is 7.08. The number of oxazole rings is 1. The molecule has 5 nitrogen and oxygen atoms in total. The van der Waals surface area contributed by atoms with Crippen LogP contribution in [-0.2, 0) is 17.8 Å². The van der Waals surface area contributed by atoms with Crippen LogP contribution >= 0.6 is 0 Å². The summed E-state index contributed by atoms with van der Waals surface area (Å²) in [7, 11) is 0. The Bertz CT molecular complexity index is 440. The molecule has 0 spiro atoms. The first-order valence-corrected chi connectivity index (χ1v) is 7.08. The van der Waals surface area contributed by atoms with Crippen molar-refractivity contribution in [2.75, 3.05) is 12.3 Å². The van der Waals surface area contributed by atoms with Gasteiger partial charge in [0.1, 0.15) is 5.76 Å². The molecule has 0 aromatic carbocycles. The largest absolute Gasteiger partial charge is 0.427 e. The normalized spacial score (nSPS) is 14.8. The number of aromatic nitrogens is 1. The lowest BCUT2D eigenvalue weighted by molar-refractivity contribution is -0.132. The molecule has 19 heavy (non-hydrogen) atoms. The summed E-state index contributed by atoms with van der Waals surface area (Å²) in [5.74, 6) is 1.67. The van der Waals surface area contributed by atoms with E-state index in [0.29, 0.717) is 18.9 Å². The summed E-state index contributed by atoms with van der Waals surface area (Å²) in [6.07, 6.45) is 4.66. The van der Waals surface area contributed by atoms with E-state index < -0.39 is 0 Å². The average molecular weight is 265 g/mol. The Morgan fingerprint density at radius 1 is 1.47 bits per heavy atom. The lowest BCUT2D eigenvalue weighted by atomic mass is 10.0. The van der Waals surface area contributed by atoms with E-state index in [9.17, 15) is 4.79 Å². The highest BCUT2D eigenvalue weighted by Crippen LogP contribution is 2.21. The van der Waals surface area contributed by atoms with Gasteiger partial charge in [-0.1, -0.05) is 26.7 Å². The van der Waals surface area contributed by atoms with Crippen LogP contribution in [-0.4, -0.2) is 22.3 Å². The van der Waals surface area contributed by atoms with Gasteiger partial charge in [0.05, 0.1) is 12.2 Å². The van der Waals surface area contributed by atoms with Crippen molar-refractivity contribution in [2.24, 2.45) is 5.92 Å². The SMILES string of the molecule is CC(C)CCCCC(=O)N1CCc2nc(N)oc2C1. The van der Waals surface area contributed by atoms with Crippen molar-refractivity contribution >= 4 is 11.9 Å². The van der Waals surface area contributed by atoms with Gasteiger partial charge in [-0.15, -0.1) is 0 Å². The number of carbonyl (C=O) groups excluding carboxylic acids is 1. The van der Waals surface area contributed by atoms with Gasteiger partial charge in [0, 0.05) is 19.4 Å². The highest BCUT2D eigenvalue weighted by molar-refractivity contribution is 5.76. The van der Waals surface area contributed by atoms with E-state index in [1.54, 1.807) is 0 Å². The van der Waals surface area contributed by atoms with Crippen molar-refractivity contribution in [1.82, 2.24) is 9.88 Å². The Kier molecular flexibility index (Phi) is 4.45. The molecule has 2 heterocycles. The Morgan fingerprint density at radius 2 is 2.26 bits per heavy atom. The van der Waals surface area contributed by atoms with Gasteiger partial charge in [-0.05, 0) is 12.3 Å². The first-order chi connectivity index (χ1) is 9.06. The predicted octanol–water partition coefficient (Wildman–Crippen LogP) is 2.36. The zero-order valence-corrected chi connectivity index (χ0v) is 11.8. The fraction of sp³-hybridized carbons (Fsp3) is 0.714. The maximum atomic E-state index is 12.1. The monoisotopic (exact) mass is 265 g/mol. The fourth-order valence-corrected chi connectivity index (χ4v) is 2.42. The smallest absolute Gasteiger partial charge is 0.292 e. The molecule has 0 atom stereocenters. The molecule has 5 heteroatoms. The molecule has 0 unspecified atom stereocenters. The van der Waals surface area contributed by atoms with Gasteiger partial charge in [-0.25, -0.2) is 0 Å². The van der Waals surface area contributed by atoms with Gasteiger partial charge in [0.25, 0.3) is 6.01 Å². The van der Waals surface area contributed by atoms with Crippen LogP contribution in [0.5, 0.6) is 0 Å². The van der Waals surface area contributed by atoms with E-state index in [1.807, 2.05) is 4.90 Å². The van der Waals surface area contributed by atoms with Crippen LogP contribution in [0.25, 0.3) is 0 Å². The van der Waals surface area contributed by atoms with Crippen LogP contribution in [0.15, 0.2) is 4.42 Å². The van der Waals surface area contributed by atoms with Crippen LogP contribution in [0.4, 0.5) is 6.01 Å². The van der Waals surface area contributed by atoms with Crippen molar-refractivity contribution in [2.45, 2.75) is 52.5 Å². The van der Waals surface area contributed by atoms with Crippen molar-refractivity contribution in [3.63, 3.8) is 0 Å². The number of anilines is 1. The van der Waals surface area contributed by atoms with Crippen molar-refractivity contribution in [3.05, 3.63) is 11.5 Å². The molecule has 0 fully saturated rings. The molecular weight excluding hydrogens is 242 g/mol. The summed E-state index contributed by atoms with van der Waals surface area (Å²) in [4.78, 5) is 18.1. The van der Waals surface area contributed by atoms with E-state index in [1.165, 1.54) is 6.42 Å². The summed E-state index contributed by atoms with van der Waals surface area (Å²) in [5.41, 5.74) is 6.43. The van der Waals surface area contributed by atoms with E-state index in [-0.39, 0.29) is 11.9 Å².